The molecular formula is C29H25N3O6. The Labute approximate surface area is 219 Å². The average Bonchev–Trinajstić information content (AvgIpc) is 3.49. The van der Waals surface area contributed by atoms with Crippen molar-refractivity contribution in [1.29, 1.82) is 0 Å². The van der Waals surface area contributed by atoms with Gasteiger partial charge in [-0.05, 0) is 47.0 Å². The first-order valence-corrected chi connectivity index (χ1v) is 11.7. The van der Waals surface area contributed by atoms with Gasteiger partial charge in [-0.1, -0.05) is 60.7 Å². The number of carbonyl (C=O) groups is 3. The molecule has 1 aromatic heterocycles. The highest BCUT2D eigenvalue weighted by molar-refractivity contribution is 5.91. The Bertz CT molecular complexity index is 1360. The molecule has 2 N–H and O–H groups in total. The van der Waals surface area contributed by atoms with Crippen molar-refractivity contribution in [3.8, 4) is 11.5 Å². The second-order valence-electron chi connectivity index (χ2n) is 8.04. The number of benzene rings is 3. The number of hydrazone groups is 1. The molecule has 0 atom stereocenters. The van der Waals surface area contributed by atoms with Gasteiger partial charge in [-0.25, -0.2) is 10.2 Å². The molecule has 0 unspecified atom stereocenters. The molecule has 0 spiro atoms. The smallest absolute Gasteiger partial charge is 0.379 e. The Kier molecular flexibility index (Phi) is 8.64. The van der Waals surface area contributed by atoms with Crippen molar-refractivity contribution in [2.75, 3.05) is 13.7 Å². The van der Waals surface area contributed by atoms with E-state index in [1.807, 2.05) is 60.7 Å². The summed E-state index contributed by atoms with van der Waals surface area (Å²) in [5, 5.41) is 6.62. The standard InChI is InChI=1S/C29H25N3O6/c1-36-25-17-20(14-15-23(25)38-29(35)24-13-8-16-37-24)18-31-32-26(33)19-30-28(34)27(21-9-4-2-5-10-21)22-11-6-3-7-12-22/h2-18,27H,19H2,1H3,(H,30,34)(H,32,33)/b31-18+. The van der Waals surface area contributed by atoms with Gasteiger partial charge in [0, 0.05) is 0 Å². The van der Waals surface area contributed by atoms with Gasteiger partial charge < -0.3 is 19.2 Å². The van der Waals surface area contributed by atoms with Crippen LogP contribution < -0.4 is 20.2 Å². The second kappa shape index (κ2) is 12.7. The monoisotopic (exact) mass is 511 g/mol. The highest BCUT2D eigenvalue weighted by atomic mass is 16.6. The van der Waals surface area contributed by atoms with E-state index < -0.39 is 17.8 Å². The van der Waals surface area contributed by atoms with Crippen LogP contribution in [0.1, 0.15) is 33.2 Å². The lowest BCUT2D eigenvalue weighted by Gasteiger charge is -2.17. The number of furan rings is 1. The number of carbonyl (C=O) groups excluding carboxylic acids is 3. The fourth-order valence-corrected chi connectivity index (χ4v) is 3.67. The third-order valence-electron chi connectivity index (χ3n) is 5.47. The molecule has 3 aromatic carbocycles. The number of methoxy groups -OCH3 is 1. The average molecular weight is 512 g/mol. The molecule has 0 saturated heterocycles. The number of amides is 2. The summed E-state index contributed by atoms with van der Waals surface area (Å²) in [4.78, 5) is 37.4. The van der Waals surface area contributed by atoms with E-state index in [2.05, 4.69) is 15.8 Å². The predicted molar refractivity (Wildman–Crippen MR) is 140 cm³/mol. The lowest BCUT2D eigenvalue weighted by molar-refractivity contribution is -0.126. The number of hydrogen-bond acceptors (Lipinski definition) is 7. The van der Waals surface area contributed by atoms with Crippen LogP contribution in [0.5, 0.6) is 11.5 Å². The molecule has 0 saturated carbocycles. The van der Waals surface area contributed by atoms with Gasteiger partial charge in [-0.2, -0.15) is 5.10 Å². The van der Waals surface area contributed by atoms with Crippen LogP contribution in [0.15, 0.2) is 107 Å². The maximum absolute atomic E-state index is 13.0. The van der Waals surface area contributed by atoms with Crippen molar-refractivity contribution >= 4 is 24.0 Å². The van der Waals surface area contributed by atoms with E-state index in [-0.39, 0.29) is 24.0 Å². The second-order valence-corrected chi connectivity index (χ2v) is 8.04. The predicted octanol–water partition coefficient (Wildman–Crippen LogP) is 3.91. The molecule has 9 heteroatoms. The molecule has 1 heterocycles. The molecule has 192 valence electrons. The summed E-state index contributed by atoms with van der Waals surface area (Å²) < 4.78 is 15.6. The normalized spacial score (nSPS) is 10.8. The van der Waals surface area contributed by atoms with E-state index in [1.54, 1.807) is 18.2 Å². The number of ether oxygens (including phenoxy) is 2. The van der Waals surface area contributed by atoms with Crippen LogP contribution in [0.3, 0.4) is 0 Å². The molecule has 4 aromatic rings. The Balaban J connectivity index is 1.33. The summed E-state index contributed by atoms with van der Waals surface area (Å²) in [6, 6.07) is 26.6. The minimum absolute atomic E-state index is 0.0614. The first-order valence-electron chi connectivity index (χ1n) is 11.7. The van der Waals surface area contributed by atoms with E-state index in [4.69, 9.17) is 13.9 Å². The molecule has 0 aliphatic rings. The number of rotatable bonds is 10. The summed E-state index contributed by atoms with van der Waals surface area (Å²) in [5.74, 6) is -1.46. The molecule has 0 aliphatic carbocycles. The summed E-state index contributed by atoms with van der Waals surface area (Å²) in [6.45, 7) is -0.253. The zero-order chi connectivity index (χ0) is 26.7. The van der Waals surface area contributed by atoms with Crippen LogP contribution in [-0.4, -0.2) is 37.7 Å². The van der Waals surface area contributed by atoms with E-state index in [9.17, 15) is 14.4 Å². The minimum Gasteiger partial charge on any atom is -0.493 e. The van der Waals surface area contributed by atoms with E-state index in [0.717, 1.165) is 11.1 Å². The quantitative estimate of drug-likeness (QED) is 0.144. The summed E-state index contributed by atoms with van der Waals surface area (Å²) >= 11 is 0. The number of nitrogens with zero attached hydrogens (tertiary/aromatic N) is 1. The molecule has 2 amide bonds. The lowest BCUT2D eigenvalue weighted by atomic mass is 9.90. The highest BCUT2D eigenvalue weighted by Gasteiger charge is 2.22. The van der Waals surface area contributed by atoms with Crippen molar-refractivity contribution in [3.63, 3.8) is 0 Å². The molecule has 0 radical (unpaired) electrons. The Hall–Kier alpha value is -5.18. The number of nitrogens with one attached hydrogen (secondary N) is 2. The van der Waals surface area contributed by atoms with Crippen LogP contribution >= 0.6 is 0 Å². The Morgan fingerprint density at radius 1 is 0.895 bits per heavy atom. The SMILES string of the molecule is COc1cc(/C=N/NC(=O)CNC(=O)C(c2ccccc2)c2ccccc2)ccc1OC(=O)c1ccco1. The minimum atomic E-state index is -0.661. The maximum atomic E-state index is 13.0. The van der Waals surface area contributed by atoms with Gasteiger partial charge in [0.25, 0.3) is 5.91 Å². The van der Waals surface area contributed by atoms with Gasteiger partial charge >= 0.3 is 5.97 Å². The summed E-state index contributed by atoms with van der Waals surface area (Å²) in [7, 11) is 1.43. The molecule has 9 nitrogen and oxygen atoms in total. The maximum Gasteiger partial charge on any atom is 0.379 e. The van der Waals surface area contributed by atoms with Crippen molar-refractivity contribution < 1.29 is 28.3 Å². The van der Waals surface area contributed by atoms with E-state index in [0.29, 0.717) is 11.3 Å². The van der Waals surface area contributed by atoms with Crippen molar-refractivity contribution in [2.45, 2.75) is 5.92 Å². The Morgan fingerprint density at radius 2 is 1.58 bits per heavy atom. The van der Waals surface area contributed by atoms with Crippen molar-refractivity contribution in [2.24, 2.45) is 5.10 Å². The first-order chi connectivity index (χ1) is 18.5. The summed E-state index contributed by atoms with van der Waals surface area (Å²) in [5.41, 5.74) is 4.61. The largest absolute Gasteiger partial charge is 0.493 e. The molecule has 0 fully saturated rings. The van der Waals surface area contributed by atoms with Gasteiger partial charge in [0.05, 0.1) is 32.1 Å². The van der Waals surface area contributed by atoms with Gasteiger partial charge in [0.1, 0.15) is 0 Å². The Morgan fingerprint density at radius 3 is 2.18 bits per heavy atom. The van der Waals surface area contributed by atoms with Gasteiger partial charge in [-0.3, -0.25) is 9.59 Å². The zero-order valence-corrected chi connectivity index (χ0v) is 20.5. The highest BCUT2D eigenvalue weighted by Crippen LogP contribution is 2.28. The summed E-state index contributed by atoms with van der Waals surface area (Å²) in [6.07, 6.45) is 2.77. The van der Waals surface area contributed by atoms with Crippen LogP contribution in [0.4, 0.5) is 0 Å². The topological polar surface area (TPSA) is 119 Å². The van der Waals surface area contributed by atoms with Gasteiger partial charge in [0.2, 0.25) is 11.7 Å². The number of esters is 1. The fourth-order valence-electron chi connectivity index (χ4n) is 3.67. The molecule has 38 heavy (non-hydrogen) atoms. The van der Waals surface area contributed by atoms with Gasteiger partial charge in [-0.15, -0.1) is 0 Å². The van der Waals surface area contributed by atoms with E-state index in [1.165, 1.54) is 31.7 Å². The molecular weight excluding hydrogens is 486 g/mol. The first kappa shape index (κ1) is 25.9. The van der Waals surface area contributed by atoms with Crippen molar-refractivity contribution in [3.05, 3.63) is 120 Å². The van der Waals surface area contributed by atoms with Crippen molar-refractivity contribution in [1.82, 2.24) is 10.7 Å². The van der Waals surface area contributed by atoms with Gasteiger partial charge in [0.15, 0.2) is 11.5 Å². The molecule has 0 bridgehead atoms. The van der Waals surface area contributed by atoms with Crippen LogP contribution in [0.2, 0.25) is 0 Å². The van der Waals surface area contributed by atoms with Crippen LogP contribution in [-0.2, 0) is 9.59 Å². The van der Waals surface area contributed by atoms with Crippen LogP contribution in [0.25, 0.3) is 0 Å². The lowest BCUT2D eigenvalue weighted by Crippen LogP contribution is -2.37. The number of hydrogen-bond donors (Lipinski definition) is 2. The zero-order valence-electron chi connectivity index (χ0n) is 20.5. The molecule has 4 rings (SSSR count). The third-order valence-corrected chi connectivity index (χ3v) is 5.47. The fraction of sp³-hybridized carbons (Fsp3) is 0.103. The van der Waals surface area contributed by atoms with E-state index >= 15 is 0 Å². The molecule has 0 aliphatic heterocycles. The van der Waals surface area contributed by atoms with Crippen LogP contribution in [0, 0.1) is 0 Å². The third kappa shape index (κ3) is 6.73.